The number of aromatic amines is 1. The van der Waals surface area contributed by atoms with Crippen LogP contribution >= 0.6 is 15.9 Å². The molecule has 17 heavy (non-hydrogen) atoms. The van der Waals surface area contributed by atoms with Gasteiger partial charge in [-0.25, -0.2) is 4.98 Å². The van der Waals surface area contributed by atoms with E-state index in [0.29, 0.717) is 12.1 Å². The van der Waals surface area contributed by atoms with Gasteiger partial charge in [-0.3, -0.25) is 4.79 Å². The SMILES string of the molecule is Cc1ccc(C(=O)NCc2ncc[nH]2)cc1Br. The third kappa shape index (κ3) is 2.94. The van der Waals surface area contributed by atoms with E-state index in [1.807, 2.05) is 19.1 Å². The molecule has 2 rings (SSSR count). The summed E-state index contributed by atoms with van der Waals surface area (Å²) >= 11 is 3.41. The first kappa shape index (κ1) is 11.9. The lowest BCUT2D eigenvalue weighted by molar-refractivity contribution is 0.0950. The maximum Gasteiger partial charge on any atom is 0.251 e. The van der Waals surface area contributed by atoms with Crippen LogP contribution in [0.4, 0.5) is 0 Å². The molecule has 0 aliphatic rings. The molecule has 88 valence electrons. The summed E-state index contributed by atoms with van der Waals surface area (Å²) in [4.78, 5) is 18.8. The number of benzene rings is 1. The molecule has 0 bridgehead atoms. The van der Waals surface area contributed by atoms with Gasteiger partial charge in [-0.1, -0.05) is 22.0 Å². The van der Waals surface area contributed by atoms with Crippen LogP contribution in [0.1, 0.15) is 21.7 Å². The summed E-state index contributed by atoms with van der Waals surface area (Å²) in [6, 6.07) is 5.52. The Bertz CT molecular complexity index is 523. The molecule has 1 amide bonds. The molecule has 0 fully saturated rings. The molecular formula is C12H12BrN3O. The summed E-state index contributed by atoms with van der Waals surface area (Å²) in [7, 11) is 0. The normalized spacial score (nSPS) is 10.2. The summed E-state index contributed by atoms with van der Waals surface area (Å²) in [5.74, 6) is 0.631. The lowest BCUT2D eigenvalue weighted by atomic mass is 10.1. The van der Waals surface area contributed by atoms with Gasteiger partial charge >= 0.3 is 0 Å². The first-order chi connectivity index (χ1) is 8.16. The maximum absolute atomic E-state index is 11.8. The van der Waals surface area contributed by atoms with Crippen LogP contribution in [0.3, 0.4) is 0 Å². The van der Waals surface area contributed by atoms with Gasteiger partial charge in [-0.2, -0.15) is 0 Å². The monoisotopic (exact) mass is 293 g/mol. The molecule has 5 heteroatoms. The third-order valence-electron chi connectivity index (χ3n) is 2.41. The highest BCUT2D eigenvalue weighted by atomic mass is 79.9. The molecule has 0 saturated heterocycles. The predicted octanol–water partition coefficient (Wildman–Crippen LogP) is 2.41. The lowest BCUT2D eigenvalue weighted by Crippen LogP contribution is -2.23. The Hall–Kier alpha value is -1.62. The number of carbonyl (C=O) groups excluding carboxylic acids is 1. The van der Waals surface area contributed by atoms with Gasteiger partial charge in [0.15, 0.2) is 0 Å². The molecule has 1 aromatic carbocycles. The Balaban J connectivity index is 2.02. The van der Waals surface area contributed by atoms with Crippen LogP contribution in [0.2, 0.25) is 0 Å². The lowest BCUT2D eigenvalue weighted by Gasteiger charge is -2.05. The molecule has 1 aromatic heterocycles. The van der Waals surface area contributed by atoms with Crippen molar-refractivity contribution in [3.05, 3.63) is 52.0 Å². The van der Waals surface area contributed by atoms with E-state index >= 15 is 0 Å². The summed E-state index contributed by atoms with van der Waals surface area (Å²) in [6.07, 6.45) is 3.38. The number of hydrogen-bond acceptors (Lipinski definition) is 2. The van der Waals surface area contributed by atoms with Crippen LogP contribution in [0.15, 0.2) is 35.1 Å². The number of carbonyl (C=O) groups is 1. The van der Waals surface area contributed by atoms with Crippen molar-refractivity contribution in [3.63, 3.8) is 0 Å². The van der Waals surface area contributed by atoms with Crippen molar-refractivity contribution in [2.75, 3.05) is 0 Å². The van der Waals surface area contributed by atoms with Crippen molar-refractivity contribution in [1.29, 1.82) is 0 Å². The zero-order valence-corrected chi connectivity index (χ0v) is 10.9. The Morgan fingerprint density at radius 2 is 2.35 bits per heavy atom. The zero-order chi connectivity index (χ0) is 12.3. The Morgan fingerprint density at radius 3 is 3.00 bits per heavy atom. The van der Waals surface area contributed by atoms with E-state index in [0.717, 1.165) is 15.9 Å². The number of nitrogens with zero attached hydrogens (tertiary/aromatic N) is 1. The minimum atomic E-state index is -0.109. The van der Waals surface area contributed by atoms with Crippen LogP contribution in [-0.2, 0) is 6.54 Å². The summed E-state index contributed by atoms with van der Waals surface area (Å²) in [5, 5.41) is 2.79. The summed E-state index contributed by atoms with van der Waals surface area (Å²) < 4.78 is 0.933. The van der Waals surface area contributed by atoms with E-state index in [1.54, 1.807) is 18.5 Å². The van der Waals surface area contributed by atoms with Gasteiger partial charge < -0.3 is 10.3 Å². The molecule has 4 nitrogen and oxygen atoms in total. The Labute approximate surface area is 108 Å². The van der Waals surface area contributed by atoms with Crippen molar-refractivity contribution in [2.45, 2.75) is 13.5 Å². The molecule has 0 radical (unpaired) electrons. The average molecular weight is 294 g/mol. The van der Waals surface area contributed by atoms with E-state index in [2.05, 4.69) is 31.2 Å². The van der Waals surface area contributed by atoms with Gasteiger partial charge in [0, 0.05) is 22.4 Å². The number of H-pyrrole nitrogens is 1. The topological polar surface area (TPSA) is 57.8 Å². The first-order valence-corrected chi connectivity index (χ1v) is 5.99. The number of halogens is 1. The van der Waals surface area contributed by atoms with Crippen molar-refractivity contribution in [1.82, 2.24) is 15.3 Å². The third-order valence-corrected chi connectivity index (χ3v) is 3.26. The Kier molecular flexibility index (Phi) is 3.58. The van der Waals surface area contributed by atoms with Crippen molar-refractivity contribution < 1.29 is 4.79 Å². The Morgan fingerprint density at radius 1 is 1.53 bits per heavy atom. The molecule has 2 aromatic rings. The molecule has 0 unspecified atom stereocenters. The van der Waals surface area contributed by atoms with E-state index in [-0.39, 0.29) is 5.91 Å². The number of rotatable bonds is 3. The zero-order valence-electron chi connectivity index (χ0n) is 9.33. The minimum Gasteiger partial charge on any atom is -0.347 e. The largest absolute Gasteiger partial charge is 0.347 e. The number of aryl methyl sites for hydroxylation is 1. The summed E-state index contributed by atoms with van der Waals surface area (Å²) in [5.41, 5.74) is 1.74. The first-order valence-electron chi connectivity index (χ1n) is 5.19. The standard InChI is InChI=1S/C12H12BrN3O/c1-8-2-3-9(6-10(8)13)12(17)16-7-11-14-4-5-15-11/h2-6H,7H2,1H3,(H,14,15)(H,16,17). The second kappa shape index (κ2) is 5.14. The summed E-state index contributed by atoms with van der Waals surface area (Å²) in [6.45, 7) is 2.38. The van der Waals surface area contributed by atoms with Gasteiger partial charge in [0.25, 0.3) is 5.91 Å². The van der Waals surface area contributed by atoms with Crippen molar-refractivity contribution in [2.24, 2.45) is 0 Å². The van der Waals surface area contributed by atoms with Crippen LogP contribution < -0.4 is 5.32 Å². The molecule has 2 N–H and O–H groups in total. The van der Waals surface area contributed by atoms with Crippen molar-refractivity contribution in [3.8, 4) is 0 Å². The fraction of sp³-hybridized carbons (Fsp3) is 0.167. The highest BCUT2D eigenvalue weighted by Crippen LogP contribution is 2.17. The van der Waals surface area contributed by atoms with E-state index in [1.165, 1.54) is 0 Å². The molecule has 1 heterocycles. The molecule has 0 spiro atoms. The minimum absolute atomic E-state index is 0.109. The number of imidazole rings is 1. The van der Waals surface area contributed by atoms with Crippen LogP contribution in [-0.4, -0.2) is 15.9 Å². The average Bonchev–Trinajstić information content (AvgIpc) is 2.82. The highest BCUT2D eigenvalue weighted by molar-refractivity contribution is 9.10. The molecule has 0 aliphatic carbocycles. The van der Waals surface area contributed by atoms with Gasteiger partial charge in [0.2, 0.25) is 0 Å². The van der Waals surface area contributed by atoms with Crippen molar-refractivity contribution >= 4 is 21.8 Å². The van der Waals surface area contributed by atoms with E-state index < -0.39 is 0 Å². The van der Waals surface area contributed by atoms with Gasteiger partial charge in [0.05, 0.1) is 6.54 Å². The molecule has 0 aliphatic heterocycles. The fourth-order valence-electron chi connectivity index (χ4n) is 1.39. The van der Waals surface area contributed by atoms with Gasteiger partial charge in [-0.05, 0) is 24.6 Å². The van der Waals surface area contributed by atoms with Crippen LogP contribution in [0.25, 0.3) is 0 Å². The number of amides is 1. The fourth-order valence-corrected chi connectivity index (χ4v) is 1.77. The maximum atomic E-state index is 11.8. The number of hydrogen-bond donors (Lipinski definition) is 2. The smallest absolute Gasteiger partial charge is 0.251 e. The molecule has 0 atom stereocenters. The van der Waals surface area contributed by atoms with Crippen LogP contribution in [0.5, 0.6) is 0 Å². The molecule has 0 saturated carbocycles. The number of aromatic nitrogens is 2. The molecular weight excluding hydrogens is 282 g/mol. The van der Waals surface area contributed by atoms with Crippen LogP contribution in [0, 0.1) is 6.92 Å². The van der Waals surface area contributed by atoms with E-state index in [9.17, 15) is 4.79 Å². The highest BCUT2D eigenvalue weighted by Gasteiger charge is 2.07. The predicted molar refractivity (Wildman–Crippen MR) is 68.6 cm³/mol. The number of nitrogens with one attached hydrogen (secondary N) is 2. The van der Waals surface area contributed by atoms with Gasteiger partial charge in [-0.15, -0.1) is 0 Å². The second-order valence-corrected chi connectivity index (χ2v) is 4.54. The second-order valence-electron chi connectivity index (χ2n) is 3.68. The van der Waals surface area contributed by atoms with E-state index in [4.69, 9.17) is 0 Å². The quantitative estimate of drug-likeness (QED) is 0.913. The van der Waals surface area contributed by atoms with Gasteiger partial charge in [0.1, 0.15) is 5.82 Å².